The van der Waals surface area contributed by atoms with Gasteiger partial charge in [0.25, 0.3) is 0 Å². The molecule has 0 saturated carbocycles. The van der Waals surface area contributed by atoms with Crippen LogP contribution in [0.2, 0.25) is 5.02 Å². The van der Waals surface area contributed by atoms with E-state index in [-0.39, 0.29) is 58.1 Å². The molecule has 1 aromatic rings. The predicted octanol–water partition coefficient (Wildman–Crippen LogP) is -1.74. The van der Waals surface area contributed by atoms with Crippen LogP contribution in [0.5, 0.6) is 0 Å². The molecule has 0 unspecified atom stereocenters. The molecule has 0 bridgehead atoms. The molecule has 0 aromatic heterocycles. The van der Waals surface area contributed by atoms with Gasteiger partial charge in [0.15, 0.2) is 0 Å². The van der Waals surface area contributed by atoms with E-state index < -0.39 is 7.60 Å². The van der Waals surface area contributed by atoms with E-state index in [0.29, 0.717) is 5.02 Å². The molecule has 3 nitrogen and oxygen atoms in total. The Balaban J connectivity index is 0. The largest absolute Gasteiger partial charge is 1.00 e. The van der Waals surface area contributed by atoms with Crippen LogP contribution in [0, 0.1) is 0 Å². The van der Waals surface area contributed by atoms with E-state index in [9.17, 15) is 4.57 Å². The smallest absolute Gasteiger partial charge is 1.00 e. The summed E-state index contributed by atoms with van der Waals surface area (Å²) in [6.07, 6.45) is 0. The second kappa shape index (κ2) is 5.24. The van der Waals surface area contributed by atoms with Crippen LogP contribution >= 0.6 is 19.2 Å². The fourth-order valence-electron chi connectivity index (χ4n) is 0.635. The van der Waals surface area contributed by atoms with E-state index in [4.69, 9.17) is 21.4 Å². The second-order valence-corrected chi connectivity index (χ2v) is 4.06. The standard InChI is InChI=1S/C6H6ClO3P.K.H/c7-5-1-3-6(4-2-5)11(8,9)10;;/h1-4H,(H2,8,9,10);;/q;+1;-1. The fraction of sp³-hybridized carbons (Fsp3) is 0. The van der Waals surface area contributed by atoms with Gasteiger partial charge in [0.05, 0.1) is 5.30 Å². The van der Waals surface area contributed by atoms with Crippen LogP contribution in [0.4, 0.5) is 0 Å². The minimum Gasteiger partial charge on any atom is -1.00 e. The number of rotatable bonds is 1. The third-order valence-corrected chi connectivity index (χ3v) is 2.39. The van der Waals surface area contributed by atoms with Crippen molar-refractivity contribution < 1.29 is 67.2 Å². The van der Waals surface area contributed by atoms with Crippen LogP contribution in [-0.2, 0) is 4.57 Å². The van der Waals surface area contributed by atoms with Gasteiger partial charge < -0.3 is 11.2 Å². The summed E-state index contributed by atoms with van der Waals surface area (Å²) in [5.74, 6) is 0. The maximum atomic E-state index is 10.6. The van der Waals surface area contributed by atoms with Crippen LogP contribution in [0.25, 0.3) is 0 Å². The van der Waals surface area contributed by atoms with E-state index in [2.05, 4.69) is 0 Å². The molecule has 0 aliphatic carbocycles. The van der Waals surface area contributed by atoms with Crippen molar-refractivity contribution in [2.75, 3.05) is 0 Å². The van der Waals surface area contributed by atoms with Gasteiger partial charge in [0.2, 0.25) is 0 Å². The SMILES string of the molecule is O=P(O)(O)c1ccc(Cl)cc1.[H-].[K+]. The van der Waals surface area contributed by atoms with Crippen molar-refractivity contribution in [2.45, 2.75) is 0 Å². The molecule has 0 heterocycles. The summed E-state index contributed by atoms with van der Waals surface area (Å²) in [6.45, 7) is 0. The minimum atomic E-state index is -4.10. The van der Waals surface area contributed by atoms with Crippen molar-refractivity contribution in [2.24, 2.45) is 0 Å². The Morgan fingerprint density at radius 2 is 1.67 bits per heavy atom. The quantitative estimate of drug-likeness (QED) is 0.447. The Hall–Kier alpha value is 1.30. The molecule has 1 aromatic carbocycles. The number of hydrogen-bond acceptors (Lipinski definition) is 1. The van der Waals surface area contributed by atoms with E-state index in [1.807, 2.05) is 0 Å². The van der Waals surface area contributed by atoms with E-state index in [1.54, 1.807) is 0 Å². The molecule has 12 heavy (non-hydrogen) atoms. The van der Waals surface area contributed by atoms with Crippen LogP contribution in [0.1, 0.15) is 1.43 Å². The fourth-order valence-corrected chi connectivity index (χ4v) is 1.30. The second-order valence-electron chi connectivity index (χ2n) is 2.02. The summed E-state index contributed by atoms with van der Waals surface area (Å²) >= 11 is 5.51. The predicted molar refractivity (Wildman–Crippen MR) is 44.2 cm³/mol. The molecular formula is C6H7ClKO3P. The van der Waals surface area contributed by atoms with Gasteiger partial charge in [-0.2, -0.15) is 0 Å². The summed E-state index contributed by atoms with van der Waals surface area (Å²) in [7, 11) is -4.10. The number of hydrogen-bond donors (Lipinski definition) is 2. The number of benzene rings is 1. The zero-order valence-corrected chi connectivity index (χ0v) is 11.2. The number of halogens is 1. The Morgan fingerprint density at radius 1 is 1.25 bits per heavy atom. The summed E-state index contributed by atoms with van der Waals surface area (Å²) in [5.41, 5.74) is 0. The molecule has 6 heteroatoms. The molecule has 0 aliphatic rings. The Morgan fingerprint density at radius 3 is 2.00 bits per heavy atom. The summed E-state index contributed by atoms with van der Waals surface area (Å²) in [5, 5.41) is 0.448. The maximum Gasteiger partial charge on any atom is 1.00 e. The molecule has 62 valence electrons. The van der Waals surface area contributed by atoms with Crippen molar-refractivity contribution in [3.63, 3.8) is 0 Å². The van der Waals surface area contributed by atoms with Gasteiger partial charge in [0.1, 0.15) is 0 Å². The van der Waals surface area contributed by atoms with Gasteiger partial charge in [-0.1, -0.05) is 11.6 Å². The average Bonchev–Trinajstić information content (AvgIpc) is 1.86. The third kappa shape index (κ3) is 4.00. The van der Waals surface area contributed by atoms with Crippen molar-refractivity contribution in [3.8, 4) is 0 Å². The van der Waals surface area contributed by atoms with Gasteiger partial charge in [-0.3, -0.25) is 4.57 Å². The van der Waals surface area contributed by atoms with Gasteiger partial charge in [-0.25, -0.2) is 0 Å². The summed E-state index contributed by atoms with van der Waals surface area (Å²) in [4.78, 5) is 17.3. The van der Waals surface area contributed by atoms with E-state index in [1.165, 1.54) is 24.3 Å². The average molecular weight is 233 g/mol. The first kappa shape index (κ1) is 13.3. The molecule has 0 atom stereocenters. The molecule has 1 rings (SSSR count). The van der Waals surface area contributed by atoms with E-state index in [0.717, 1.165) is 0 Å². The minimum absolute atomic E-state index is 0. The first-order chi connectivity index (χ1) is 5.00. The van der Waals surface area contributed by atoms with Gasteiger partial charge in [-0.05, 0) is 24.3 Å². The molecule has 0 saturated heterocycles. The Labute approximate surface area is 119 Å². The van der Waals surface area contributed by atoms with Crippen molar-refractivity contribution >= 4 is 24.5 Å². The van der Waals surface area contributed by atoms with Crippen LogP contribution < -0.4 is 56.7 Å². The van der Waals surface area contributed by atoms with E-state index >= 15 is 0 Å². The van der Waals surface area contributed by atoms with Crippen LogP contribution in [0.15, 0.2) is 24.3 Å². The van der Waals surface area contributed by atoms with Gasteiger partial charge in [-0.15, -0.1) is 0 Å². The normalized spacial score (nSPS) is 10.6. The maximum absolute atomic E-state index is 10.6. The summed E-state index contributed by atoms with van der Waals surface area (Å²) < 4.78 is 10.6. The molecule has 0 aliphatic heterocycles. The summed E-state index contributed by atoms with van der Waals surface area (Å²) in [6, 6.07) is 5.50. The third-order valence-electron chi connectivity index (χ3n) is 1.16. The van der Waals surface area contributed by atoms with Crippen molar-refractivity contribution in [3.05, 3.63) is 29.3 Å². The van der Waals surface area contributed by atoms with Crippen LogP contribution in [-0.4, -0.2) is 9.79 Å². The molecular weight excluding hydrogens is 226 g/mol. The van der Waals surface area contributed by atoms with Crippen molar-refractivity contribution in [1.82, 2.24) is 0 Å². The van der Waals surface area contributed by atoms with Gasteiger partial charge in [0, 0.05) is 5.02 Å². The topological polar surface area (TPSA) is 57.5 Å². The molecule has 0 radical (unpaired) electrons. The molecule has 2 N–H and O–H groups in total. The van der Waals surface area contributed by atoms with Gasteiger partial charge >= 0.3 is 59.0 Å². The molecule has 0 amide bonds. The zero-order valence-electron chi connectivity index (χ0n) is 7.44. The zero-order chi connectivity index (χ0) is 8.48. The monoisotopic (exact) mass is 232 g/mol. The Bertz CT molecular complexity index is 299. The van der Waals surface area contributed by atoms with Crippen molar-refractivity contribution in [1.29, 1.82) is 0 Å². The van der Waals surface area contributed by atoms with Crippen LogP contribution in [0.3, 0.4) is 0 Å². The molecule has 0 spiro atoms. The first-order valence-electron chi connectivity index (χ1n) is 2.82. The Kier molecular flexibility index (Phi) is 5.81. The molecule has 0 fully saturated rings. The first-order valence-corrected chi connectivity index (χ1v) is 4.81.